The summed E-state index contributed by atoms with van der Waals surface area (Å²) in [6.45, 7) is 6.85. The lowest BCUT2D eigenvalue weighted by Crippen LogP contribution is -2.15. The molecule has 1 aliphatic carbocycles. The monoisotopic (exact) mass is 461 g/mol. The van der Waals surface area contributed by atoms with Crippen LogP contribution in [0.15, 0.2) is 47.6 Å². The fourth-order valence-electron chi connectivity index (χ4n) is 3.75. The molecule has 1 saturated carbocycles. The molecule has 0 radical (unpaired) electrons. The standard InChI is InChI=1S/C22H22BrF2N3O/c1-4-8-22(25)12-14(22)11-18-26-27-20-19(23)16(7-9-28(18)20)15-6-5-13(10-17(15)24)21(2,3)29/h4-7,9-10,14,29H,1,8,11-12H2,2-3H3. The zero-order chi connectivity index (χ0) is 21.0. The highest BCUT2D eigenvalue weighted by Crippen LogP contribution is 2.51. The summed E-state index contributed by atoms with van der Waals surface area (Å²) in [4.78, 5) is 0. The van der Waals surface area contributed by atoms with E-state index in [9.17, 15) is 13.9 Å². The second-order valence-electron chi connectivity index (χ2n) is 8.24. The zero-order valence-electron chi connectivity index (χ0n) is 16.3. The van der Waals surface area contributed by atoms with Crippen molar-refractivity contribution >= 4 is 21.6 Å². The first kappa shape index (κ1) is 20.2. The van der Waals surface area contributed by atoms with Crippen molar-refractivity contribution in [1.82, 2.24) is 14.6 Å². The molecule has 2 atom stereocenters. The molecule has 29 heavy (non-hydrogen) atoms. The third kappa shape index (κ3) is 3.62. The molecule has 1 N–H and O–H groups in total. The van der Waals surface area contributed by atoms with E-state index in [4.69, 9.17) is 0 Å². The van der Waals surface area contributed by atoms with Crippen LogP contribution in [-0.2, 0) is 12.0 Å². The quantitative estimate of drug-likeness (QED) is 0.501. The van der Waals surface area contributed by atoms with Crippen molar-refractivity contribution < 1.29 is 13.9 Å². The zero-order valence-corrected chi connectivity index (χ0v) is 17.9. The van der Waals surface area contributed by atoms with Gasteiger partial charge in [-0.15, -0.1) is 16.8 Å². The van der Waals surface area contributed by atoms with E-state index in [1.807, 2.05) is 4.40 Å². The maximum Gasteiger partial charge on any atom is 0.175 e. The van der Waals surface area contributed by atoms with Gasteiger partial charge in [-0.25, -0.2) is 8.78 Å². The highest BCUT2D eigenvalue weighted by molar-refractivity contribution is 9.10. The number of fused-ring (bicyclic) bond motifs is 1. The summed E-state index contributed by atoms with van der Waals surface area (Å²) in [7, 11) is 0. The minimum Gasteiger partial charge on any atom is -0.386 e. The van der Waals surface area contributed by atoms with Crippen LogP contribution in [0.5, 0.6) is 0 Å². The number of benzene rings is 1. The van der Waals surface area contributed by atoms with Crippen LogP contribution in [0.4, 0.5) is 8.78 Å². The number of aromatic nitrogens is 3. The van der Waals surface area contributed by atoms with Crippen molar-refractivity contribution in [2.24, 2.45) is 5.92 Å². The third-order valence-corrected chi connectivity index (χ3v) is 6.41. The fourth-order valence-corrected chi connectivity index (χ4v) is 4.37. The van der Waals surface area contributed by atoms with E-state index in [2.05, 4.69) is 32.7 Å². The van der Waals surface area contributed by atoms with Crippen molar-refractivity contribution in [2.45, 2.75) is 44.4 Å². The molecular formula is C22H22BrF2N3O. The van der Waals surface area contributed by atoms with E-state index < -0.39 is 17.1 Å². The van der Waals surface area contributed by atoms with Gasteiger partial charge in [0.25, 0.3) is 0 Å². The predicted octanol–water partition coefficient (Wildman–Crippen LogP) is 5.37. The molecule has 4 rings (SSSR count). The number of pyridine rings is 1. The number of aliphatic hydroxyl groups is 1. The van der Waals surface area contributed by atoms with E-state index in [0.29, 0.717) is 51.9 Å². The van der Waals surface area contributed by atoms with Gasteiger partial charge in [-0.3, -0.25) is 4.40 Å². The largest absolute Gasteiger partial charge is 0.386 e. The van der Waals surface area contributed by atoms with Gasteiger partial charge in [0, 0.05) is 29.7 Å². The van der Waals surface area contributed by atoms with Gasteiger partial charge in [0.2, 0.25) is 0 Å². The summed E-state index contributed by atoms with van der Waals surface area (Å²) in [5, 5.41) is 18.5. The molecule has 152 valence electrons. The molecule has 0 spiro atoms. The molecule has 2 heterocycles. The van der Waals surface area contributed by atoms with Gasteiger partial charge in [0.05, 0.1) is 10.1 Å². The van der Waals surface area contributed by atoms with E-state index >= 15 is 0 Å². The molecule has 7 heteroatoms. The Balaban J connectivity index is 1.67. The minimum absolute atomic E-state index is 0.0850. The summed E-state index contributed by atoms with van der Waals surface area (Å²) >= 11 is 3.53. The van der Waals surface area contributed by atoms with Crippen LogP contribution >= 0.6 is 15.9 Å². The van der Waals surface area contributed by atoms with Crippen LogP contribution in [0.25, 0.3) is 16.8 Å². The molecule has 0 saturated heterocycles. The average Bonchev–Trinajstić information content (AvgIpc) is 3.08. The Kier molecular flexibility index (Phi) is 4.86. The Labute approximate surface area is 176 Å². The van der Waals surface area contributed by atoms with Gasteiger partial charge in [-0.2, -0.15) is 0 Å². The second-order valence-corrected chi connectivity index (χ2v) is 9.03. The Bertz CT molecular complexity index is 1110. The average molecular weight is 462 g/mol. The van der Waals surface area contributed by atoms with Crippen LogP contribution in [0, 0.1) is 11.7 Å². The molecule has 0 amide bonds. The lowest BCUT2D eigenvalue weighted by molar-refractivity contribution is 0.0782. The first-order chi connectivity index (χ1) is 13.6. The van der Waals surface area contributed by atoms with E-state index in [1.165, 1.54) is 6.07 Å². The van der Waals surface area contributed by atoms with Gasteiger partial charge in [-0.05, 0) is 60.3 Å². The van der Waals surface area contributed by atoms with E-state index in [-0.39, 0.29) is 5.92 Å². The molecule has 0 bridgehead atoms. The summed E-state index contributed by atoms with van der Waals surface area (Å²) < 4.78 is 31.7. The van der Waals surface area contributed by atoms with Crippen LogP contribution in [0.2, 0.25) is 0 Å². The number of rotatable bonds is 6. The lowest BCUT2D eigenvalue weighted by atomic mass is 9.95. The van der Waals surface area contributed by atoms with Crippen LogP contribution in [0.3, 0.4) is 0 Å². The topological polar surface area (TPSA) is 50.4 Å². The smallest absolute Gasteiger partial charge is 0.175 e. The maximum atomic E-state index is 14.8. The molecule has 2 unspecified atom stereocenters. The summed E-state index contributed by atoms with van der Waals surface area (Å²) in [5.41, 5.74) is -0.225. The van der Waals surface area contributed by atoms with Crippen LogP contribution < -0.4 is 0 Å². The Hall–Kier alpha value is -2.12. The van der Waals surface area contributed by atoms with Crippen LogP contribution in [-0.4, -0.2) is 25.4 Å². The molecule has 2 aromatic heterocycles. The number of nitrogens with zero attached hydrogens (tertiary/aromatic N) is 3. The lowest BCUT2D eigenvalue weighted by Gasteiger charge is -2.18. The summed E-state index contributed by atoms with van der Waals surface area (Å²) in [5.74, 6) is 0.163. The molecule has 1 fully saturated rings. The first-order valence-electron chi connectivity index (χ1n) is 9.49. The van der Waals surface area contributed by atoms with Crippen molar-refractivity contribution in [3.63, 3.8) is 0 Å². The number of hydrogen-bond acceptors (Lipinski definition) is 3. The van der Waals surface area contributed by atoms with Gasteiger partial charge in [0.15, 0.2) is 5.65 Å². The van der Waals surface area contributed by atoms with Gasteiger partial charge < -0.3 is 5.11 Å². The highest BCUT2D eigenvalue weighted by Gasteiger charge is 2.54. The number of allylic oxidation sites excluding steroid dienone is 1. The van der Waals surface area contributed by atoms with Gasteiger partial charge in [-0.1, -0.05) is 18.2 Å². The normalized spacial score (nSPS) is 21.5. The molecular weight excluding hydrogens is 440 g/mol. The fraction of sp³-hybridized carbons (Fsp3) is 0.364. The number of alkyl halides is 1. The molecule has 1 aliphatic rings. The molecule has 4 nitrogen and oxygen atoms in total. The Morgan fingerprint density at radius 2 is 2.10 bits per heavy atom. The summed E-state index contributed by atoms with van der Waals surface area (Å²) in [6, 6.07) is 6.48. The van der Waals surface area contributed by atoms with E-state index in [1.54, 1.807) is 44.3 Å². The predicted molar refractivity (Wildman–Crippen MR) is 112 cm³/mol. The number of halogens is 3. The Morgan fingerprint density at radius 3 is 2.76 bits per heavy atom. The van der Waals surface area contributed by atoms with Gasteiger partial charge in [0.1, 0.15) is 17.3 Å². The van der Waals surface area contributed by atoms with Crippen molar-refractivity contribution in [3.05, 3.63) is 64.8 Å². The maximum absolute atomic E-state index is 14.8. The Morgan fingerprint density at radius 1 is 1.34 bits per heavy atom. The van der Waals surface area contributed by atoms with E-state index in [0.717, 1.165) is 0 Å². The highest BCUT2D eigenvalue weighted by atomic mass is 79.9. The molecule has 1 aromatic carbocycles. The van der Waals surface area contributed by atoms with Crippen molar-refractivity contribution in [1.29, 1.82) is 0 Å². The third-order valence-electron chi connectivity index (χ3n) is 5.63. The summed E-state index contributed by atoms with van der Waals surface area (Å²) in [6.07, 6.45) is 4.74. The van der Waals surface area contributed by atoms with Crippen LogP contribution in [0.1, 0.15) is 38.1 Å². The van der Waals surface area contributed by atoms with Crippen molar-refractivity contribution in [2.75, 3.05) is 0 Å². The second kappa shape index (κ2) is 6.99. The SMILES string of the molecule is C=CCC1(F)CC1Cc1nnc2c(Br)c(-c3ccc(C(C)(C)O)cc3F)ccn12. The molecule has 3 aromatic rings. The first-order valence-corrected chi connectivity index (χ1v) is 10.3. The molecule has 0 aliphatic heterocycles. The van der Waals surface area contributed by atoms with Crippen molar-refractivity contribution in [3.8, 4) is 11.1 Å². The van der Waals surface area contributed by atoms with Gasteiger partial charge >= 0.3 is 0 Å². The minimum atomic E-state index is -1.18. The number of hydrogen-bond donors (Lipinski definition) is 1.